The number of nitrogens with one attached hydrogen (secondary N) is 2. The minimum Gasteiger partial charge on any atom is -0.473 e. The van der Waals surface area contributed by atoms with Crippen molar-refractivity contribution < 1.29 is 39.6 Å². The van der Waals surface area contributed by atoms with E-state index in [1.807, 2.05) is 0 Å². The Kier molecular flexibility index (Phi) is 6.67. The SMILES string of the molecule is C1CC12CNC2.C1CC12CNC2.O=C(O)C(=O)O.O=C(O)C(=O)O. The van der Waals surface area contributed by atoms with Gasteiger partial charge >= 0.3 is 23.9 Å². The minimum atomic E-state index is -1.82. The highest BCUT2D eigenvalue weighted by Gasteiger charge is 2.47. The predicted molar refractivity (Wildman–Crippen MR) is 79.6 cm³/mol. The lowest BCUT2D eigenvalue weighted by Crippen LogP contribution is -2.43. The number of carbonyl (C=O) groups is 4. The van der Waals surface area contributed by atoms with Crippen LogP contribution in [0.15, 0.2) is 0 Å². The monoisotopic (exact) mass is 346 g/mol. The van der Waals surface area contributed by atoms with Gasteiger partial charge in [-0.25, -0.2) is 19.2 Å². The van der Waals surface area contributed by atoms with Crippen LogP contribution in [-0.4, -0.2) is 70.5 Å². The number of rotatable bonds is 0. The summed E-state index contributed by atoms with van der Waals surface area (Å²) in [6.07, 6.45) is 6.00. The highest BCUT2D eigenvalue weighted by Crippen LogP contribution is 2.48. The van der Waals surface area contributed by atoms with Gasteiger partial charge in [-0.05, 0) is 36.5 Å². The van der Waals surface area contributed by atoms with E-state index in [9.17, 15) is 0 Å². The van der Waals surface area contributed by atoms with Gasteiger partial charge in [-0.3, -0.25) is 0 Å². The van der Waals surface area contributed by atoms with Gasteiger partial charge in [0, 0.05) is 26.2 Å². The van der Waals surface area contributed by atoms with Gasteiger partial charge in [0.2, 0.25) is 0 Å². The number of hydrogen-bond acceptors (Lipinski definition) is 6. The van der Waals surface area contributed by atoms with Crippen LogP contribution in [0.1, 0.15) is 25.7 Å². The van der Waals surface area contributed by atoms with Crippen molar-refractivity contribution in [3.05, 3.63) is 0 Å². The van der Waals surface area contributed by atoms with E-state index in [-0.39, 0.29) is 0 Å². The highest BCUT2D eigenvalue weighted by molar-refractivity contribution is 6.27. The van der Waals surface area contributed by atoms with Crippen LogP contribution in [0.25, 0.3) is 0 Å². The Morgan fingerprint density at radius 2 is 0.750 bits per heavy atom. The Morgan fingerprint density at radius 1 is 0.542 bits per heavy atom. The topological polar surface area (TPSA) is 173 Å². The Balaban J connectivity index is 0.000000160. The van der Waals surface area contributed by atoms with Gasteiger partial charge < -0.3 is 31.1 Å². The molecule has 4 fully saturated rings. The Labute approximate surface area is 137 Å². The molecule has 0 aromatic carbocycles. The van der Waals surface area contributed by atoms with Crippen molar-refractivity contribution >= 4 is 23.9 Å². The zero-order valence-electron chi connectivity index (χ0n) is 13.1. The normalized spacial score (nSPS) is 21.7. The summed E-state index contributed by atoms with van der Waals surface area (Å²) in [7, 11) is 0. The summed E-state index contributed by atoms with van der Waals surface area (Å²) in [6, 6.07) is 0. The molecular formula is C14H22N2O8. The van der Waals surface area contributed by atoms with Gasteiger partial charge in [-0.1, -0.05) is 0 Å². The molecule has 10 heteroatoms. The lowest BCUT2D eigenvalue weighted by atomic mass is 10.0. The van der Waals surface area contributed by atoms with Crippen LogP contribution in [0, 0.1) is 10.8 Å². The van der Waals surface area contributed by atoms with Crippen molar-refractivity contribution in [3.63, 3.8) is 0 Å². The van der Waals surface area contributed by atoms with Crippen molar-refractivity contribution in [2.45, 2.75) is 25.7 Å². The molecule has 2 heterocycles. The van der Waals surface area contributed by atoms with Crippen LogP contribution in [0.3, 0.4) is 0 Å². The maximum Gasteiger partial charge on any atom is 0.414 e. The zero-order chi connectivity index (χ0) is 18.4. The fourth-order valence-corrected chi connectivity index (χ4v) is 2.02. The van der Waals surface area contributed by atoms with Gasteiger partial charge in [-0.15, -0.1) is 0 Å². The molecule has 0 bridgehead atoms. The van der Waals surface area contributed by atoms with E-state index in [0.29, 0.717) is 0 Å². The van der Waals surface area contributed by atoms with E-state index in [4.69, 9.17) is 39.6 Å². The van der Waals surface area contributed by atoms with Crippen molar-refractivity contribution in [3.8, 4) is 0 Å². The van der Waals surface area contributed by atoms with Crippen molar-refractivity contribution in [1.29, 1.82) is 0 Å². The molecule has 4 aliphatic rings. The maximum atomic E-state index is 9.10. The third kappa shape index (κ3) is 6.92. The van der Waals surface area contributed by atoms with Crippen LogP contribution < -0.4 is 10.6 Å². The standard InChI is InChI=1S/2C5H9N.2C2H2O4/c2*1-2-5(1)3-6-4-5;2*3-1(4)2(5)6/h2*6H,1-4H2;2*(H,3,4)(H,5,6). The summed E-state index contributed by atoms with van der Waals surface area (Å²) in [6.45, 7) is 5.25. The third-order valence-electron chi connectivity index (χ3n) is 4.28. The molecule has 6 N–H and O–H groups in total. The van der Waals surface area contributed by atoms with Gasteiger partial charge in [-0.2, -0.15) is 0 Å². The van der Waals surface area contributed by atoms with Crippen LogP contribution >= 0.6 is 0 Å². The number of carboxylic acids is 4. The third-order valence-corrected chi connectivity index (χ3v) is 4.28. The molecular weight excluding hydrogens is 324 g/mol. The average Bonchev–Trinajstić information content (AvgIpc) is 3.29. The maximum absolute atomic E-state index is 9.10. The molecule has 0 aromatic heterocycles. The van der Waals surface area contributed by atoms with E-state index in [0.717, 1.165) is 10.8 Å². The summed E-state index contributed by atoms with van der Waals surface area (Å²) < 4.78 is 0. The Morgan fingerprint density at radius 3 is 0.750 bits per heavy atom. The van der Waals surface area contributed by atoms with Crippen LogP contribution in [0.2, 0.25) is 0 Å². The number of carboxylic acid groups (broad SMARTS) is 4. The van der Waals surface area contributed by atoms with Crippen LogP contribution in [0.5, 0.6) is 0 Å². The van der Waals surface area contributed by atoms with E-state index >= 15 is 0 Å². The smallest absolute Gasteiger partial charge is 0.414 e. The summed E-state index contributed by atoms with van der Waals surface area (Å²) in [4.78, 5) is 36.4. The second kappa shape index (κ2) is 8.06. The van der Waals surface area contributed by atoms with Gasteiger partial charge in [0.15, 0.2) is 0 Å². The molecule has 0 unspecified atom stereocenters. The van der Waals surface area contributed by atoms with Crippen molar-refractivity contribution in [2.24, 2.45) is 10.8 Å². The largest absolute Gasteiger partial charge is 0.473 e. The molecule has 2 saturated heterocycles. The molecule has 2 aliphatic heterocycles. The summed E-state index contributed by atoms with van der Waals surface area (Å²) in [5.74, 6) is -7.30. The lowest BCUT2D eigenvalue weighted by molar-refractivity contribution is -0.159. The van der Waals surface area contributed by atoms with Crippen molar-refractivity contribution in [2.75, 3.05) is 26.2 Å². The summed E-state index contributed by atoms with van der Waals surface area (Å²) in [5, 5.41) is 36.1. The first-order valence-corrected chi connectivity index (χ1v) is 7.45. The van der Waals surface area contributed by atoms with Crippen LogP contribution in [-0.2, 0) is 19.2 Å². The first-order chi connectivity index (χ1) is 11.1. The predicted octanol–water partition coefficient (Wildman–Crippen LogP) is -0.949. The van der Waals surface area contributed by atoms with Gasteiger partial charge in [0.25, 0.3) is 0 Å². The minimum absolute atomic E-state index is 0.861. The first kappa shape index (κ1) is 19.8. The molecule has 0 radical (unpaired) electrons. The summed E-state index contributed by atoms with van der Waals surface area (Å²) >= 11 is 0. The molecule has 4 rings (SSSR count). The molecule has 24 heavy (non-hydrogen) atoms. The van der Waals surface area contributed by atoms with E-state index in [1.54, 1.807) is 0 Å². The molecule has 0 aromatic rings. The summed E-state index contributed by atoms with van der Waals surface area (Å²) in [5.41, 5.74) is 1.72. The van der Waals surface area contributed by atoms with Gasteiger partial charge in [0.05, 0.1) is 0 Å². The highest BCUT2D eigenvalue weighted by atomic mass is 16.4. The number of aliphatic carboxylic acids is 4. The first-order valence-electron chi connectivity index (χ1n) is 7.45. The second-order valence-corrected chi connectivity index (χ2v) is 6.43. The van der Waals surface area contributed by atoms with Gasteiger partial charge in [0.1, 0.15) is 0 Å². The second-order valence-electron chi connectivity index (χ2n) is 6.43. The lowest BCUT2D eigenvalue weighted by Gasteiger charge is -2.26. The average molecular weight is 346 g/mol. The Bertz CT molecular complexity index is 429. The molecule has 2 saturated carbocycles. The van der Waals surface area contributed by atoms with E-state index < -0.39 is 23.9 Å². The van der Waals surface area contributed by atoms with E-state index in [1.165, 1.54) is 51.9 Å². The quantitative estimate of drug-likeness (QED) is 0.300. The fourth-order valence-electron chi connectivity index (χ4n) is 2.02. The molecule has 0 amide bonds. The molecule has 10 nitrogen and oxygen atoms in total. The van der Waals surface area contributed by atoms with Crippen molar-refractivity contribution in [1.82, 2.24) is 10.6 Å². The molecule has 0 atom stereocenters. The Hall–Kier alpha value is -2.20. The molecule has 136 valence electrons. The molecule has 2 aliphatic carbocycles. The number of hydrogen-bond donors (Lipinski definition) is 6. The fraction of sp³-hybridized carbons (Fsp3) is 0.714. The van der Waals surface area contributed by atoms with Crippen LogP contribution in [0.4, 0.5) is 0 Å². The van der Waals surface area contributed by atoms with E-state index in [2.05, 4.69) is 10.6 Å². The molecule has 2 spiro atoms. The zero-order valence-corrected chi connectivity index (χ0v) is 13.1.